The fourth-order valence-electron chi connectivity index (χ4n) is 3.31. The normalized spacial score (nSPS) is 34.9. The van der Waals surface area contributed by atoms with E-state index in [1.807, 2.05) is 0 Å². The summed E-state index contributed by atoms with van der Waals surface area (Å²) in [6.07, 6.45) is 11.5. The molecule has 0 unspecified atom stereocenters. The Labute approximate surface area is 99.8 Å². The molecule has 2 rings (SSSR count). The van der Waals surface area contributed by atoms with E-state index >= 15 is 0 Å². The third-order valence-corrected chi connectivity index (χ3v) is 4.58. The first-order valence-corrected chi connectivity index (χ1v) is 7.11. The second-order valence-electron chi connectivity index (χ2n) is 6.21. The highest BCUT2D eigenvalue weighted by Gasteiger charge is 2.29. The van der Waals surface area contributed by atoms with E-state index in [1.54, 1.807) is 0 Å². The Morgan fingerprint density at radius 2 is 1.75 bits per heavy atom. The average Bonchev–Trinajstić information content (AvgIpc) is 2.29. The van der Waals surface area contributed by atoms with Gasteiger partial charge in [0, 0.05) is 12.6 Å². The quantitative estimate of drug-likeness (QED) is 0.774. The van der Waals surface area contributed by atoms with Crippen molar-refractivity contribution >= 4 is 0 Å². The molecule has 2 nitrogen and oxygen atoms in total. The molecule has 94 valence electrons. The van der Waals surface area contributed by atoms with Crippen molar-refractivity contribution in [1.82, 2.24) is 5.32 Å². The van der Waals surface area contributed by atoms with Gasteiger partial charge in [-0.2, -0.15) is 0 Å². The summed E-state index contributed by atoms with van der Waals surface area (Å²) in [6.45, 7) is 3.52. The first-order chi connectivity index (χ1) is 7.70. The van der Waals surface area contributed by atoms with Gasteiger partial charge in [0.15, 0.2) is 0 Å². The van der Waals surface area contributed by atoms with Crippen LogP contribution in [0.25, 0.3) is 0 Å². The lowest BCUT2D eigenvalue weighted by Gasteiger charge is -2.37. The molecule has 2 saturated carbocycles. The molecule has 0 aromatic carbocycles. The van der Waals surface area contributed by atoms with E-state index in [4.69, 9.17) is 0 Å². The van der Waals surface area contributed by atoms with Crippen molar-refractivity contribution in [3.8, 4) is 0 Å². The minimum absolute atomic E-state index is 0.0964. The Hall–Kier alpha value is -0.0800. The fourth-order valence-corrected chi connectivity index (χ4v) is 3.31. The summed E-state index contributed by atoms with van der Waals surface area (Å²) >= 11 is 0. The molecule has 0 aromatic rings. The molecule has 2 atom stereocenters. The zero-order valence-electron chi connectivity index (χ0n) is 10.7. The minimum atomic E-state index is -0.0964. The zero-order chi connectivity index (χ0) is 11.4. The molecule has 0 heterocycles. The number of hydrogen-bond donors (Lipinski definition) is 2. The highest BCUT2D eigenvalue weighted by Crippen LogP contribution is 2.35. The predicted molar refractivity (Wildman–Crippen MR) is 67.5 cm³/mol. The Morgan fingerprint density at radius 3 is 2.44 bits per heavy atom. The maximum atomic E-state index is 9.92. The van der Waals surface area contributed by atoms with Crippen LogP contribution in [0.1, 0.15) is 64.7 Å². The summed E-state index contributed by atoms with van der Waals surface area (Å²) < 4.78 is 0. The number of nitrogens with one attached hydrogen (secondary N) is 1. The summed E-state index contributed by atoms with van der Waals surface area (Å²) in [5.74, 6) is 0. The Kier molecular flexibility index (Phi) is 4.26. The standard InChI is InChI=1S/C14H27NO/c1-14(9-5-2-6-10-14)11-15-12-7-3-4-8-13(12)16/h12-13,15-16H,2-11H2,1H3/t12-,13-/m0/s1. The third kappa shape index (κ3) is 3.21. The van der Waals surface area contributed by atoms with Crippen molar-refractivity contribution in [2.45, 2.75) is 76.9 Å². The smallest absolute Gasteiger partial charge is 0.0693 e. The van der Waals surface area contributed by atoms with Crippen LogP contribution in [0, 0.1) is 5.41 Å². The van der Waals surface area contributed by atoms with Crippen molar-refractivity contribution in [3.63, 3.8) is 0 Å². The SMILES string of the molecule is CC1(CN[C@H]2CCCC[C@@H]2O)CCCCC1. The summed E-state index contributed by atoms with van der Waals surface area (Å²) in [5, 5.41) is 13.6. The molecule has 0 spiro atoms. The molecule has 0 amide bonds. The van der Waals surface area contributed by atoms with Crippen molar-refractivity contribution in [2.24, 2.45) is 5.41 Å². The van der Waals surface area contributed by atoms with Crippen LogP contribution < -0.4 is 5.32 Å². The van der Waals surface area contributed by atoms with Crippen LogP contribution in [0.5, 0.6) is 0 Å². The predicted octanol–water partition coefficient (Wildman–Crippen LogP) is 2.85. The number of aliphatic hydroxyl groups is 1. The van der Waals surface area contributed by atoms with Gasteiger partial charge in [0.2, 0.25) is 0 Å². The van der Waals surface area contributed by atoms with Gasteiger partial charge in [-0.05, 0) is 31.1 Å². The van der Waals surface area contributed by atoms with Crippen LogP contribution >= 0.6 is 0 Å². The van der Waals surface area contributed by atoms with E-state index in [1.165, 1.54) is 44.9 Å². The van der Waals surface area contributed by atoms with Crippen molar-refractivity contribution < 1.29 is 5.11 Å². The largest absolute Gasteiger partial charge is 0.392 e. The molecule has 0 saturated heterocycles. The lowest BCUT2D eigenvalue weighted by molar-refractivity contribution is 0.0799. The van der Waals surface area contributed by atoms with Crippen molar-refractivity contribution in [3.05, 3.63) is 0 Å². The molecule has 2 heteroatoms. The van der Waals surface area contributed by atoms with Crippen molar-refractivity contribution in [1.29, 1.82) is 0 Å². The molecule has 2 aliphatic rings. The van der Waals surface area contributed by atoms with Gasteiger partial charge in [-0.25, -0.2) is 0 Å². The van der Waals surface area contributed by atoms with Crippen LogP contribution in [-0.2, 0) is 0 Å². The van der Waals surface area contributed by atoms with Gasteiger partial charge in [-0.3, -0.25) is 0 Å². The molecule has 16 heavy (non-hydrogen) atoms. The fraction of sp³-hybridized carbons (Fsp3) is 1.00. The van der Waals surface area contributed by atoms with Crippen LogP contribution in [0.15, 0.2) is 0 Å². The third-order valence-electron chi connectivity index (χ3n) is 4.58. The highest BCUT2D eigenvalue weighted by molar-refractivity contribution is 4.86. The van der Waals surface area contributed by atoms with Gasteiger partial charge in [0.05, 0.1) is 6.10 Å². The van der Waals surface area contributed by atoms with Gasteiger partial charge < -0.3 is 10.4 Å². The topological polar surface area (TPSA) is 32.3 Å². The molecular formula is C14H27NO. The lowest BCUT2D eigenvalue weighted by atomic mass is 9.75. The maximum absolute atomic E-state index is 9.92. The van der Waals surface area contributed by atoms with Crippen LogP contribution in [0.2, 0.25) is 0 Å². The van der Waals surface area contributed by atoms with E-state index in [-0.39, 0.29) is 6.10 Å². The van der Waals surface area contributed by atoms with E-state index in [0.717, 1.165) is 19.4 Å². The number of hydrogen-bond acceptors (Lipinski definition) is 2. The summed E-state index contributed by atoms with van der Waals surface area (Å²) in [6, 6.07) is 0.368. The van der Waals surface area contributed by atoms with Crippen LogP contribution in [0.3, 0.4) is 0 Å². The summed E-state index contributed by atoms with van der Waals surface area (Å²) in [7, 11) is 0. The Bertz CT molecular complexity index is 211. The van der Waals surface area contributed by atoms with E-state index in [0.29, 0.717) is 11.5 Å². The van der Waals surface area contributed by atoms with E-state index in [2.05, 4.69) is 12.2 Å². The first-order valence-electron chi connectivity index (χ1n) is 7.11. The van der Waals surface area contributed by atoms with E-state index < -0.39 is 0 Å². The summed E-state index contributed by atoms with van der Waals surface area (Å²) in [5.41, 5.74) is 0.495. The number of aliphatic hydroxyl groups excluding tert-OH is 1. The minimum Gasteiger partial charge on any atom is -0.392 e. The summed E-state index contributed by atoms with van der Waals surface area (Å²) in [4.78, 5) is 0. The molecule has 0 aliphatic heterocycles. The van der Waals surface area contributed by atoms with Gasteiger partial charge in [0.1, 0.15) is 0 Å². The van der Waals surface area contributed by atoms with Crippen LogP contribution in [0.4, 0.5) is 0 Å². The zero-order valence-corrected chi connectivity index (χ0v) is 10.7. The molecule has 2 aliphatic carbocycles. The van der Waals surface area contributed by atoms with Gasteiger partial charge in [-0.1, -0.05) is 39.0 Å². The highest BCUT2D eigenvalue weighted by atomic mass is 16.3. The Balaban J connectivity index is 1.76. The lowest BCUT2D eigenvalue weighted by Crippen LogP contribution is -2.46. The maximum Gasteiger partial charge on any atom is 0.0693 e. The monoisotopic (exact) mass is 225 g/mol. The molecule has 0 aromatic heterocycles. The van der Waals surface area contributed by atoms with E-state index in [9.17, 15) is 5.11 Å². The molecule has 2 N–H and O–H groups in total. The molecular weight excluding hydrogens is 198 g/mol. The van der Waals surface area contributed by atoms with Gasteiger partial charge >= 0.3 is 0 Å². The second kappa shape index (κ2) is 5.50. The number of rotatable bonds is 3. The van der Waals surface area contributed by atoms with Gasteiger partial charge in [-0.15, -0.1) is 0 Å². The molecule has 0 bridgehead atoms. The molecule has 2 fully saturated rings. The second-order valence-corrected chi connectivity index (χ2v) is 6.21. The first kappa shape index (κ1) is 12.4. The van der Waals surface area contributed by atoms with Crippen molar-refractivity contribution in [2.75, 3.05) is 6.54 Å². The van der Waals surface area contributed by atoms with Gasteiger partial charge in [0.25, 0.3) is 0 Å². The molecule has 0 radical (unpaired) electrons. The average molecular weight is 225 g/mol. The Morgan fingerprint density at radius 1 is 1.06 bits per heavy atom. The van der Waals surface area contributed by atoms with Crippen LogP contribution in [-0.4, -0.2) is 23.8 Å².